The topological polar surface area (TPSA) is 107 Å². The number of hydrogen-bond acceptors (Lipinski definition) is 5. The maximum absolute atomic E-state index is 10.6. The van der Waals surface area contributed by atoms with Gasteiger partial charge in [0.15, 0.2) is 0 Å². The lowest BCUT2D eigenvalue weighted by atomic mass is 10.0. The Morgan fingerprint density at radius 2 is 1.75 bits per heavy atom. The van der Waals surface area contributed by atoms with Crippen molar-refractivity contribution < 1.29 is 30.0 Å². The van der Waals surface area contributed by atoms with Gasteiger partial charge in [0.2, 0.25) is 0 Å². The molecule has 0 aromatic heterocycles. The van der Waals surface area contributed by atoms with Crippen molar-refractivity contribution in [1.82, 2.24) is 0 Å². The number of carbonyl (C=O) groups is 1. The molecule has 1 rings (SSSR count). The minimum atomic E-state index is -0.978. The summed E-state index contributed by atoms with van der Waals surface area (Å²) in [6, 6.07) is 0. The van der Waals surface area contributed by atoms with Crippen molar-refractivity contribution in [2.24, 2.45) is 0 Å². The fourth-order valence-corrected chi connectivity index (χ4v) is 2.86. The van der Waals surface area contributed by atoms with E-state index in [2.05, 4.69) is 31.2 Å². The SMILES string of the molecule is CC/C=C\C/C=C\C/C=C\C[C@H](O)/C=C/[C@H]1O[C@@H]([C@@H](O)CCC(=O)O)C[C@@H]1O. The molecule has 0 unspecified atom stereocenters. The van der Waals surface area contributed by atoms with E-state index in [1.54, 1.807) is 12.2 Å². The van der Waals surface area contributed by atoms with Gasteiger partial charge >= 0.3 is 5.97 Å². The summed E-state index contributed by atoms with van der Waals surface area (Å²) in [5.74, 6) is -0.978. The molecule has 28 heavy (non-hydrogen) atoms. The molecular weight excluding hydrogens is 360 g/mol. The van der Waals surface area contributed by atoms with Crippen LogP contribution in [-0.2, 0) is 9.53 Å². The largest absolute Gasteiger partial charge is 0.481 e. The lowest BCUT2D eigenvalue weighted by Gasteiger charge is -2.17. The quantitative estimate of drug-likeness (QED) is 0.358. The summed E-state index contributed by atoms with van der Waals surface area (Å²) in [5, 5.41) is 38.7. The third-order valence-corrected chi connectivity index (χ3v) is 4.45. The second kappa shape index (κ2) is 14.3. The number of carboxylic acid groups (broad SMARTS) is 1. The molecule has 158 valence electrons. The summed E-state index contributed by atoms with van der Waals surface area (Å²) >= 11 is 0. The van der Waals surface area contributed by atoms with Gasteiger partial charge in [0.25, 0.3) is 0 Å². The van der Waals surface area contributed by atoms with Crippen LogP contribution in [0.2, 0.25) is 0 Å². The number of rotatable bonds is 13. The van der Waals surface area contributed by atoms with Gasteiger partial charge in [-0.2, -0.15) is 0 Å². The molecule has 1 fully saturated rings. The van der Waals surface area contributed by atoms with Gasteiger partial charge in [0.1, 0.15) is 6.10 Å². The van der Waals surface area contributed by atoms with Crippen LogP contribution in [0.3, 0.4) is 0 Å². The minimum absolute atomic E-state index is 0.0832. The van der Waals surface area contributed by atoms with Crippen molar-refractivity contribution in [2.45, 2.75) is 82.4 Å². The highest BCUT2D eigenvalue weighted by molar-refractivity contribution is 5.66. The molecule has 0 saturated carbocycles. The van der Waals surface area contributed by atoms with Gasteiger partial charge < -0.3 is 25.2 Å². The maximum atomic E-state index is 10.6. The van der Waals surface area contributed by atoms with Gasteiger partial charge in [0.05, 0.1) is 24.4 Å². The zero-order valence-corrected chi connectivity index (χ0v) is 16.6. The molecule has 0 amide bonds. The second-order valence-electron chi connectivity index (χ2n) is 6.92. The summed E-state index contributed by atoms with van der Waals surface area (Å²) in [6.07, 6.45) is 15.4. The molecule has 0 radical (unpaired) electrons. The van der Waals surface area contributed by atoms with Gasteiger partial charge in [0, 0.05) is 12.8 Å². The van der Waals surface area contributed by atoms with Gasteiger partial charge in [-0.1, -0.05) is 55.5 Å². The van der Waals surface area contributed by atoms with E-state index in [-0.39, 0.29) is 19.3 Å². The number of aliphatic hydroxyl groups is 3. The van der Waals surface area contributed by atoms with Crippen molar-refractivity contribution in [2.75, 3.05) is 0 Å². The number of hydrogen-bond donors (Lipinski definition) is 4. The lowest BCUT2D eigenvalue weighted by molar-refractivity contribution is -0.138. The monoisotopic (exact) mass is 394 g/mol. The number of aliphatic carboxylic acids is 1. The van der Waals surface area contributed by atoms with Crippen molar-refractivity contribution in [3.8, 4) is 0 Å². The van der Waals surface area contributed by atoms with Crippen molar-refractivity contribution >= 4 is 5.97 Å². The molecule has 6 heteroatoms. The van der Waals surface area contributed by atoms with E-state index in [1.807, 2.05) is 12.2 Å². The summed E-state index contributed by atoms with van der Waals surface area (Å²) < 4.78 is 5.59. The summed E-state index contributed by atoms with van der Waals surface area (Å²) in [4.78, 5) is 10.6. The molecule has 6 nitrogen and oxygen atoms in total. The first-order chi connectivity index (χ1) is 13.4. The lowest BCUT2D eigenvalue weighted by Crippen LogP contribution is -2.26. The van der Waals surface area contributed by atoms with Crippen LogP contribution in [0.5, 0.6) is 0 Å². The summed E-state index contributed by atoms with van der Waals surface area (Å²) in [6.45, 7) is 2.10. The molecule has 1 heterocycles. The summed E-state index contributed by atoms with van der Waals surface area (Å²) in [7, 11) is 0. The molecule has 5 atom stereocenters. The Labute approximate surface area is 167 Å². The highest BCUT2D eigenvalue weighted by Crippen LogP contribution is 2.25. The Balaban J connectivity index is 2.29. The Bertz CT molecular complexity index is 551. The molecule has 0 aliphatic carbocycles. The normalized spacial score (nSPS) is 25.5. The Kier molecular flexibility index (Phi) is 12.4. The molecule has 0 spiro atoms. The fourth-order valence-electron chi connectivity index (χ4n) is 2.86. The van der Waals surface area contributed by atoms with Crippen LogP contribution < -0.4 is 0 Å². The van der Waals surface area contributed by atoms with Crippen molar-refractivity contribution in [1.29, 1.82) is 0 Å². The first kappa shape index (κ1) is 24.3. The number of carboxylic acids is 1. The van der Waals surface area contributed by atoms with Gasteiger partial charge in [-0.25, -0.2) is 0 Å². The van der Waals surface area contributed by atoms with Crippen LogP contribution in [0.15, 0.2) is 48.6 Å². The predicted octanol–water partition coefficient (Wildman–Crippen LogP) is 2.90. The Hall–Kier alpha value is -1.73. The smallest absolute Gasteiger partial charge is 0.303 e. The average molecular weight is 395 g/mol. The predicted molar refractivity (Wildman–Crippen MR) is 109 cm³/mol. The van der Waals surface area contributed by atoms with Gasteiger partial charge in [-0.15, -0.1) is 0 Å². The van der Waals surface area contributed by atoms with Crippen molar-refractivity contribution in [3.05, 3.63) is 48.6 Å². The van der Waals surface area contributed by atoms with Crippen LogP contribution in [0.1, 0.15) is 51.9 Å². The zero-order chi connectivity index (χ0) is 20.8. The van der Waals surface area contributed by atoms with E-state index in [0.29, 0.717) is 6.42 Å². The number of ether oxygens (including phenoxy) is 1. The Morgan fingerprint density at radius 3 is 2.39 bits per heavy atom. The third-order valence-electron chi connectivity index (χ3n) is 4.45. The van der Waals surface area contributed by atoms with Gasteiger partial charge in [-0.3, -0.25) is 4.79 Å². The molecule has 0 aromatic carbocycles. The van der Waals surface area contributed by atoms with Crippen molar-refractivity contribution in [3.63, 3.8) is 0 Å². The second-order valence-corrected chi connectivity index (χ2v) is 6.92. The molecule has 1 saturated heterocycles. The molecular formula is C22H34O6. The standard InChI is InChI=1S/C22H34O6/c1-2-3-4-5-6-7-8-9-10-11-17(23)12-14-20-19(25)16-21(28-20)18(24)13-15-22(26)27/h3-4,6-7,9-10,12,14,17-21,23-25H,2,5,8,11,13,15-16H2,1H3,(H,26,27)/b4-3-,7-6-,10-9-,14-12+/t17-,18-,19-,20+,21+/m0/s1. The first-order valence-corrected chi connectivity index (χ1v) is 9.98. The van der Waals surface area contributed by atoms with Crippen LogP contribution in [-0.4, -0.2) is 56.9 Å². The number of aliphatic hydroxyl groups excluding tert-OH is 3. The van der Waals surface area contributed by atoms with E-state index < -0.39 is 36.5 Å². The molecule has 0 aromatic rings. The highest BCUT2D eigenvalue weighted by atomic mass is 16.5. The zero-order valence-electron chi connectivity index (χ0n) is 16.6. The van der Waals surface area contributed by atoms with Crippen LogP contribution in [0, 0.1) is 0 Å². The minimum Gasteiger partial charge on any atom is -0.481 e. The van der Waals surface area contributed by atoms with Crippen LogP contribution in [0.25, 0.3) is 0 Å². The molecule has 1 aliphatic heterocycles. The fraction of sp³-hybridized carbons (Fsp3) is 0.591. The maximum Gasteiger partial charge on any atom is 0.303 e. The van der Waals surface area contributed by atoms with Crippen LogP contribution >= 0.6 is 0 Å². The molecule has 0 bridgehead atoms. The summed E-state index contributed by atoms with van der Waals surface area (Å²) in [5.41, 5.74) is 0. The van der Waals surface area contributed by atoms with E-state index in [1.165, 1.54) is 0 Å². The Morgan fingerprint density at radius 1 is 1.11 bits per heavy atom. The van der Waals surface area contributed by atoms with E-state index in [4.69, 9.17) is 9.84 Å². The van der Waals surface area contributed by atoms with E-state index in [0.717, 1.165) is 19.3 Å². The first-order valence-electron chi connectivity index (χ1n) is 9.98. The van der Waals surface area contributed by atoms with Crippen LogP contribution in [0.4, 0.5) is 0 Å². The third kappa shape index (κ3) is 10.6. The molecule has 4 N–H and O–H groups in total. The van der Waals surface area contributed by atoms with E-state index >= 15 is 0 Å². The molecule has 1 aliphatic rings. The highest BCUT2D eigenvalue weighted by Gasteiger charge is 2.36. The average Bonchev–Trinajstić information content (AvgIpc) is 3.04. The van der Waals surface area contributed by atoms with E-state index in [9.17, 15) is 20.1 Å². The number of allylic oxidation sites excluding steroid dienone is 5. The van der Waals surface area contributed by atoms with Gasteiger partial charge in [-0.05, 0) is 32.1 Å².